The van der Waals surface area contributed by atoms with E-state index in [2.05, 4.69) is 4.72 Å². The molecule has 5 nitrogen and oxygen atoms in total. The van der Waals surface area contributed by atoms with E-state index in [0.717, 1.165) is 0 Å². The Labute approximate surface area is 130 Å². The Morgan fingerprint density at radius 2 is 1.59 bits per heavy atom. The molecule has 1 atom stereocenters. The first kappa shape index (κ1) is 16.2. The maximum atomic E-state index is 12.3. The summed E-state index contributed by atoms with van der Waals surface area (Å²) in [6.07, 6.45) is 0. The van der Waals surface area contributed by atoms with Gasteiger partial charge in [-0.2, -0.15) is 4.72 Å². The average Bonchev–Trinajstić information content (AvgIpc) is 2.53. The van der Waals surface area contributed by atoms with Gasteiger partial charge < -0.3 is 4.74 Å². The van der Waals surface area contributed by atoms with Crippen LogP contribution in [-0.4, -0.2) is 21.5 Å². The summed E-state index contributed by atoms with van der Waals surface area (Å²) < 4.78 is 31.7. The number of carbonyl (C=O) groups is 1. The SMILES string of the molecule is COC(=O)C(NS(=O)(=O)Cc1ccccc1)c1ccccc1. The van der Waals surface area contributed by atoms with E-state index < -0.39 is 22.0 Å². The summed E-state index contributed by atoms with van der Waals surface area (Å²) in [6.45, 7) is 0. The molecule has 2 aromatic carbocycles. The van der Waals surface area contributed by atoms with E-state index >= 15 is 0 Å². The normalized spacial score (nSPS) is 12.6. The zero-order valence-electron chi connectivity index (χ0n) is 12.1. The Kier molecular flexibility index (Phi) is 5.30. The van der Waals surface area contributed by atoms with Crippen LogP contribution in [0.1, 0.15) is 17.2 Å². The first-order chi connectivity index (χ1) is 10.5. The number of sulfonamides is 1. The fourth-order valence-electron chi connectivity index (χ4n) is 2.03. The minimum absolute atomic E-state index is 0.200. The number of carbonyl (C=O) groups excluding carboxylic acids is 1. The van der Waals surface area contributed by atoms with Gasteiger partial charge in [0.2, 0.25) is 10.0 Å². The summed E-state index contributed by atoms with van der Waals surface area (Å²) in [5, 5.41) is 0. The van der Waals surface area contributed by atoms with Crippen LogP contribution in [0.3, 0.4) is 0 Å². The zero-order valence-corrected chi connectivity index (χ0v) is 12.9. The van der Waals surface area contributed by atoms with E-state index in [1.807, 2.05) is 6.07 Å². The molecular formula is C16H17NO4S. The molecule has 0 radical (unpaired) electrons. The lowest BCUT2D eigenvalue weighted by Gasteiger charge is -2.17. The number of ether oxygens (including phenoxy) is 1. The Bertz CT molecular complexity index is 714. The van der Waals surface area contributed by atoms with Gasteiger partial charge in [0, 0.05) is 0 Å². The van der Waals surface area contributed by atoms with E-state index in [4.69, 9.17) is 4.74 Å². The number of benzene rings is 2. The lowest BCUT2D eigenvalue weighted by atomic mass is 10.1. The van der Waals surface area contributed by atoms with Crippen molar-refractivity contribution in [2.75, 3.05) is 7.11 Å². The van der Waals surface area contributed by atoms with Crippen molar-refractivity contribution in [2.24, 2.45) is 0 Å². The quantitative estimate of drug-likeness (QED) is 0.827. The topological polar surface area (TPSA) is 72.5 Å². The molecule has 1 unspecified atom stereocenters. The van der Waals surface area contributed by atoms with Gasteiger partial charge in [-0.05, 0) is 11.1 Å². The number of methoxy groups -OCH3 is 1. The second-order valence-electron chi connectivity index (χ2n) is 4.73. The van der Waals surface area contributed by atoms with Crippen molar-refractivity contribution in [1.29, 1.82) is 0 Å². The molecule has 0 saturated carbocycles. The van der Waals surface area contributed by atoms with Crippen LogP contribution in [0.15, 0.2) is 60.7 Å². The van der Waals surface area contributed by atoms with Crippen LogP contribution in [0.4, 0.5) is 0 Å². The fraction of sp³-hybridized carbons (Fsp3) is 0.188. The van der Waals surface area contributed by atoms with Crippen molar-refractivity contribution in [3.63, 3.8) is 0 Å². The fourth-order valence-corrected chi connectivity index (χ4v) is 3.34. The first-order valence-electron chi connectivity index (χ1n) is 6.68. The maximum Gasteiger partial charge on any atom is 0.328 e. The third kappa shape index (κ3) is 4.41. The molecule has 0 aromatic heterocycles. The van der Waals surface area contributed by atoms with Crippen LogP contribution in [0, 0.1) is 0 Å². The lowest BCUT2D eigenvalue weighted by Crippen LogP contribution is -2.35. The highest BCUT2D eigenvalue weighted by Crippen LogP contribution is 2.16. The van der Waals surface area contributed by atoms with Crippen molar-refractivity contribution >= 4 is 16.0 Å². The van der Waals surface area contributed by atoms with Crippen LogP contribution >= 0.6 is 0 Å². The van der Waals surface area contributed by atoms with Crippen LogP contribution < -0.4 is 4.72 Å². The summed E-state index contributed by atoms with van der Waals surface area (Å²) in [6, 6.07) is 16.3. The van der Waals surface area contributed by atoms with Gasteiger partial charge in [-0.15, -0.1) is 0 Å². The molecule has 22 heavy (non-hydrogen) atoms. The van der Waals surface area contributed by atoms with Crippen LogP contribution in [0.5, 0.6) is 0 Å². The maximum absolute atomic E-state index is 12.3. The van der Waals surface area contributed by atoms with Gasteiger partial charge in [0.25, 0.3) is 0 Å². The molecule has 0 aliphatic heterocycles. The number of hydrogen-bond donors (Lipinski definition) is 1. The molecule has 0 aliphatic carbocycles. The molecule has 1 N–H and O–H groups in total. The standard InChI is InChI=1S/C16H17NO4S/c1-21-16(18)15(14-10-6-3-7-11-14)17-22(19,20)12-13-8-4-2-5-9-13/h2-11,15,17H,12H2,1H3. The number of esters is 1. The second kappa shape index (κ2) is 7.20. The van der Waals surface area contributed by atoms with E-state index in [1.54, 1.807) is 54.6 Å². The van der Waals surface area contributed by atoms with Crippen molar-refractivity contribution in [1.82, 2.24) is 4.72 Å². The van der Waals surface area contributed by atoms with Gasteiger partial charge in [0.1, 0.15) is 6.04 Å². The minimum Gasteiger partial charge on any atom is -0.468 e. The minimum atomic E-state index is -3.69. The molecule has 0 fully saturated rings. The Balaban J connectivity index is 2.21. The average molecular weight is 319 g/mol. The summed E-state index contributed by atoms with van der Waals surface area (Å²) >= 11 is 0. The van der Waals surface area contributed by atoms with Gasteiger partial charge in [-0.3, -0.25) is 0 Å². The zero-order chi connectivity index (χ0) is 16.0. The summed E-state index contributed by atoms with van der Waals surface area (Å²) in [5.74, 6) is -0.850. The highest BCUT2D eigenvalue weighted by Gasteiger charge is 2.26. The third-order valence-corrected chi connectivity index (χ3v) is 4.37. The summed E-state index contributed by atoms with van der Waals surface area (Å²) in [4.78, 5) is 11.9. The molecule has 0 bridgehead atoms. The molecule has 0 heterocycles. The van der Waals surface area contributed by atoms with Crippen LogP contribution in [0.25, 0.3) is 0 Å². The van der Waals surface area contributed by atoms with E-state index in [0.29, 0.717) is 11.1 Å². The molecule has 0 amide bonds. The largest absolute Gasteiger partial charge is 0.468 e. The van der Waals surface area contributed by atoms with Crippen molar-refractivity contribution in [3.8, 4) is 0 Å². The van der Waals surface area contributed by atoms with Gasteiger partial charge in [-0.1, -0.05) is 60.7 Å². The smallest absolute Gasteiger partial charge is 0.328 e. The Morgan fingerprint density at radius 3 is 2.14 bits per heavy atom. The lowest BCUT2D eigenvalue weighted by molar-refractivity contribution is -0.142. The van der Waals surface area contributed by atoms with E-state index in [9.17, 15) is 13.2 Å². The highest BCUT2D eigenvalue weighted by molar-refractivity contribution is 7.88. The molecule has 116 valence electrons. The first-order valence-corrected chi connectivity index (χ1v) is 8.34. The summed E-state index contributed by atoms with van der Waals surface area (Å²) in [7, 11) is -2.46. The molecule has 0 aliphatic rings. The molecule has 2 aromatic rings. The van der Waals surface area contributed by atoms with E-state index in [-0.39, 0.29) is 5.75 Å². The second-order valence-corrected chi connectivity index (χ2v) is 6.48. The number of rotatable bonds is 6. The van der Waals surface area contributed by atoms with Gasteiger partial charge in [0.15, 0.2) is 0 Å². The summed E-state index contributed by atoms with van der Waals surface area (Å²) in [5.41, 5.74) is 1.18. The van der Waals surface area contributed by atoms with Crippen molar-refractivity contribution in [2.45, 2.75) is 11.8 Å². The monoisotopic (exact) mass is 319 g/mol. The van der Waals surface area contributed by atoms with Crippen LogP contribution in [-0.2, 0) is 25.3 Å². The molecule has 6 heteroatoms. The molecule has 2 rings (SSSR count). The third-order valence-electron chi connectivity index (χ3n) is 3.07. The highest BCUT2D eigenvalue weighted by atomic mass is 32.2. The number of hydrogen-bond acceptors (Lipinski definition) is 4. The number of nitrogens with one attached hydrogen (secondary N) is 1. The predicted octanol–water partition coefficient (Wildman–Crippen LogP) is 2.02. The predicted molar refractivity (Wildman–Crippen MR) is 83.4 cm³/mol. The Hall–Kier alpha value is -2.18. The van der Waals surface area contributed by atoms with E-state index in [1.165, 1.54) is 7.11 Å². The van der Waals surface area contributed by atoms with Crippen molar-refractivity contribution < 1.29 is 17.9 Å². The van der Waals surface area contributed by atoms with Gasteiger partial charge in [0.05, 0.1) is 12.9 Å². The van der Waals surface area contributed by atoms with Gasteiger partial charge in [-0.25, -0.2) is 13.2 Å². The van der Waals surface area contributed by atoms with Crippen molar-refractivity contribution in [3.05, 3.63) is 71.8 Å². The van der Waals surface area contributed by atoms with Gasteiger partial charge >= 0.3 is 5.97 Å². The molecule has 0 saturated heterocycles. The van der Waals surface area contributed by atoms with Crippen LogP contribution in [0.2, 0.25) is 0 Å². The Morgan fingerprint density at radius 1 is 1.05 bits per heavy atom. The molecule has 0 spiro atoms. The molecular weight excluding hydrogens is 302 g/mol.